The number of nitrogen functional groups attached to an aromatic ring is 1. The third-order valence-corrected chi connectivity index (χ3v) is 2.61. The molecule has 0 aliphatic heterocycles. The molecule has 102 valence electrons. The number of hydrogen-bond acceptors (Lipinski definition) is 4. The monoisotopic (exact) mass is 263 g/mol. The van der Waals surface area contributed by atoms with Crippen molar-refractivity contribution in [2.45, 2.75) is 20.4 Å². The highest BCUT2D eigenvalue weighted by atomic mass is 19.1. The van der Waals surface area contributed by atoms with Crippen molar-refractivity contribution in [3.05, 3.63) is 35.6 Å². The van der Waals surface area contributed by atoms with Gasteiger partial charge in [0.15, 0.2) is 0 Å². The topological polar surface area (TPSA) is 68.8 Å². The fraction of sp³-hybridized carbons (Fsp3) is 0.385. The van der Waals surface area contributed by atoms with Gasteiger partial charge in [-0.3, -0.25) is 0 Å². The zero-order chi connectivity index (χ0) is 13.8. The van der Waals surface area contributed by atoms with Crippen LogP contribution in [0.1, 0.15) is 19.4 Å². The molecular formula is C13H18FN5. The highest BCUT2D eigenvalue weighted by Crippen LogP contribution is 2.10. The summed E-state index contributed by atoms with van der Waals surface area (Å²) in [5.41, 5.74) is 6.73. The first-order valence-electron chi connectivity index (χ1n) is 6.23. The second kappa shape index (κ2) is 5.69. The maximum atomic E-state index is 12.8. The van der Waals surface area contributed by atoms with Crippen molar-refractivity contribution in [1.29, 1.82) is 0 Å². The summed E-state index contributed by atoms with van der Waals surface area (Å²) in [6.07, 6.45) is 0. The van der Waals surface area contributed by atoms with Crippen molar-refractivity contribution in [3.63, 3.8) is 0 Å². The van der Waals surface area contributed by atoms with Crippen LogP contribution in [0.2, 0.25) is 0 Å². The van der Waals surface area contributed by atoms with Gasteiger partial charge in [0.1, 0.15) is 5.82 Å². The molecule has 0 unspecified atom stereocenters. The molecule has 2 aromatic rings. The third kappa shape index (κ3) is 3.67. The van der Waals surface area contributed by atoms with Crippen molar-refractivity contribution in [1.82, 2.24) is 14.8 Å². The smallest absolute Gasteiger partial charge is 0.243 e. The molecule has 0 aliphatic rings. The predicted octanol–water partition coefficient (Wildman–Crippen LogP) is 2.12. The third-order valence-electron chi connectivity index (χ3n) is 2.61. The Bertz CT molecular complexity index is 532. The van der Waals surface area contributed by atoms with E-state index in [2.05, 4.69) is 29.2 Å². The van der Waals surface area contributed by atoms with Crippen molar-refractivity contribution in [3.8, 4) is 0 Å². The highest BCUT2D eigenvalue weighted by Gasteiger charge is 2.07. The number of hydrogen-bond donors (Lipinski definition) is 2. The lowest BCUT2D eigenvalue weighted by molar-refractivity contribution is 0.624. The van der Waals surface area contributed by atoms with Gasteiger partial charge in [-0.1, -0.05) is 26.0 Å². The van der Waals surface area contributed by atoms with Crippen molar-refractivity contribution in [2.75, 3.05) is 17.6 Å². The summed E-state index contributed by atoms with van der Waals surface area (Å²) in [6.45, 7) is 5.47. The molecule has 0 bridgehead atoms. The molecule has 19 heavy (non-hydrogen) atoms. The van der Waals surface area contributed by atoms with Crippen LogP contribution in [0.4, 0.5) is 16.3 Å². The van der Waals surface area contributed by atoms with E-state index in [9.17, 15) is 4.39 Å². The number of nitrogens with one attached hydrogen (secondary N) is 1. The molecular weight excluding hydrogens is 245 g/mol. The van der Waals surface area contributed by atoms with Crippen molar-refractivity contribution in [2.24, 2.45) is 5.92 Å². The van der Waals surface area contributed by atoms with E-state index in [1.54, 1.807) is 16.8 Å². The SMILES string of the molecule is CC(C)CNc1nc(N)n(Cc2ccc(F)cc2)n1. The molecule has 0 aliphatic carbocycles. The Labute approximate surface area is 111 Å². The minimum absolute atomic E-state index is 0.255. The Balaban J connectivity index is 2.06. The number of benzene rings is 1. The summed E-state index contributed by atoms with van der Waals surface area (Å²) in [6, 6.07) is 6.25. The van der Waals surface area contributed by atoms with Crippen molar-refractivity contribution < 1.29 is 4.39 Å². The van der Waals surface area contributed by atoms with E-state index in [0.29, 0.717) is 24.4 Å². The maximum absolute atomic E-state index is 12.8. The molecule has 0 spiro atoms. The number of nitrogens with two attached hydrogens (primary N) is 1. The lowest BCUT2D eigenvalue weighted by atomic mass is 10.2. The first-order chi connectivity index (χ1) is 9.04. The number of aromatic nitrogens is 3. The first kappa shape index (κ1) is 13.3. The van der Waals surface area contributed by atoms with E-state index in [-0.39, 0.29) is 5.82 Å². The lowest BCUT2D eigenvalue weighted by Gasteiger charge is -2.04. The van der Waals surface area contributed by atoms with Crippen LogP contribution in [0.3, 0.4) is 0 Å². The Hall–Kier alpha value is -2.11. The first-order valence-corrected chi connectivity index (χ1v) is 6.23. The standard InChI is InChI=1S/C13H18FN5/c1-9(2)7-16-13-17-12(15)19(18-13)8-10-3-5-11(14)6-4-10/h3-6,9H,7-8H2,1-2H3,(H3,15,16,17,18). The van der Waals surface area contributed by atoms with Gasteiger partial charge in [0.05, 0.1) is 6.54 Å². The molecule has 0 saturated carbocycles. The van der Waals surface area contributed by atoms with Crippen molar-refractivity contribution >= 4 is 11.9 Å². The van der Waals surface area contributed by atoms with Crippen LogP contribution in [0.25, 0.3) is 0 Å². The minimum Gasteiger partial charge on any atom is -0.368 e. The fourth-order valence-electron chi connectivity index (χ4n) is 1.60. The number of rotatable bonds is 5. The second-order valence-corrected chi connectivity index (χ2v) is 4.85. The van der Waals surface area contributed by atoms with Crippen LogP contribution in [-0.2, 0) is 6.54 Å². The summed E-state index contributed by atoms with van der Waals surface area (Å²) in [5.74, 6) is 1.11. The number of halogens is 1. The molecule has 3 N–H and O–H groups in total. The van der Waals surface area contributed by atoms with Crippen LogP contribution in [0.15, 0.2) is 24.3 Å². The molecule has 1 aromatic heterocycles. The Kier molecular flexibility index (Phi) is 3.99. The van der Waals surface area contributed by atoms with E-state index in [0.717, 1.165) is 12.1 Å². The Morgan fingerprint density at radius 3 is 2.63 bits per heavy atom. The van der Waals surface area contributed by atoms with Gasteiger partial charge in [0.2, 0.25) is 11.9 Å². The van der Waals surface area contributed by atoms with E-state index in [4.69, 9.17) is 5.73 Å². The molecule has 6 heteroatoms. The van der Waals surface area contributed by atoms with Gasteiger partial charge < -0.3 is 11.1 Å². The molecule has 1 aromatic carbocycles. The fourth-order valence-corrected chi connectivity index (χ4v) is 1.60. The van der Waals surface area contributed by atoms with Gasteiger partial charge in [-0.25, -0.2) is 9.07 Å². The molecule has 0 saturated heterocycles. The van der Waals surface area contributed by atoms with Gasteiger partial charge in [-0.2, -0.15) is 4.98 Å². The molecule has 0 radical (unpaired) electrons. The largest absolute Gasteiger partial charge is 0.368 e. The van der Waals surface area contributed by atoms with E-state index >= 15 is 0 Å². The summed E-state index contributed by atoms with van der Waals surface area (Å²) in [4.78, 5) is 4.14. The lowest BCUT2D eigenvalue weighted by Crippen LogP contribution is -2.10. The zero-order valence-corrected chi connectivity index (χ0v) is 11.1. The van der Waals surface area contributed by atoms with Crippen LogP contribution in [0, 0.1) is 11.7 Å². The van der Waals surface area contributed by atoms with Crippen LogP contribution < -0.4 is 11.1 Å². The minimum atomic E-state index is -0.255. The average Bonchev–Trinajstić information content (AvgIpc) is 2.71. The second-order valence-electron chi connectivity index (χ2n) is 4.85. The normalized spacial score (nSPS) is 10.9. The molecule has 0 amide bonds. The summed E-state index contributed by atoms with van der Waals surface area (Å²) in [7, 11) is 0. The van der Waals surface area contributed by atoms with E-state index in [1.807, 2.05) is 0 Å². The Morgan fingerprint density at radius 2 is 2.00 bits per heavy atom. The molecule has 0 fully saturated rings. The predicted molar refractivity (Wildman–Crippen MR) is 73.3 cm³/mol. The summed E-state index contributed by atoms with van der Waals surface area (Å²) in [5, 5.41) is 7.39. The van der Waals surface area contributed by atoms with Gasteiger partial charge in [0, 0.05) is 6.54 Å². The van der Waals surface area contributed by atoms with Gasteiger partial charge in [-0.15, -0.1) is 5.10 Å². The molecule has 1 heterocycles. The van der Waals surface area contributed by atoms with E-state index in [1.165, 1.54) is 12.1 Å². The Morgan fingerprint density at radius 1 is 1.32 bits per heavy atom. The molecule has 0 atom stereocenters. The summed E-state index contributed by atoms with van der Waals surface area (Å²) < 4.78 is 14.4. The van der Waals surface area contributed by atoms with Crippen LogP contribution in [-0.4, -0.2) is 21.3 Å². The van der Waals surface area contributed by atoms with Gasteiger partial charge in [0.25, 0.3) is 0 Å². The number of nitrogens with zero attached hydrogens (tertiary/aromatic N) is 3. The van der Waals surface area contributed by atoms with Crippen LogP contribution >= 0.6 is 0 Å². The molecule has 5 nitrogen and oxygen atoms in total. The number of anilines is 2. The maximum Gasteiger partial charge on any atom is 0.243 e. The quantitative estimate of drug-likeness (QED) is 0.867. The average molecular weight is 263 g/mol. The van der Waals surface area contributed by atoms with Gasteiger partial charge in [-0.05, 0) is 23.6 Å². The zero-order valence-electron chi connectivity index (χ0n) is 11.1. The highest BCUT2D eigenvalue weighted by molar-refractivity contribution is 5.32. The molecule has 2 rings (SSSR count). The van der Waals surface area contributed by atoms with Crippen LogP contribution in [0.5, 0.6) is 0 Å². The van der Waals surface area contributed by atoms with E-state index < -0.39 is 0 Å². The summed E-state index contributed by atoms with van der Waals surface area (Å²) >= 11 is 0. The van der Waals surface area contributed by atoms with Gasteiger partial charge >= 0.3 is 0 Å².